The van der Waals surface area contributed by atoms with E-state index in [1.807, 2.05) is 50.2 Å². The number of carbonyl (C=O) groups is 1. The minimum Gasteiger partial charge on any atom is -0.497 e. The molecule has 2 aromatic carbocycles. The number of hydrogen-bond acceptors (Lipinski definition) is 6. The smallest absolute Gasteiger partial charge is 0.313 e. The number of methoxy groups -OCH3 is 1. The molecule has 0 aliphatic rings. The molecule has 1 unspecified atom stereocenters. The predicted octanol–water partition coefficient (Wildman–Crippen LogP) is 3.56. The Hall–Kier alpha value is -2.15. The molecule has 0 aromatic heterocycles. The molecular formula is C22H30O6. The Balaban J connectivity index is 1.69. The van der Waals surface area contributed by atoms with Crippen molar-refractivity contribution in [3.05, 3.63) is 42.0 Å². The van der Waals surface area contributed by atoms with Crippen LogP contribution in [0.1, 0.15) is 25.3 Å². The molecule has 6 heteroatoms. The van der Waals surface area contributed by atoms with Gasteiger partial charge in [0.15, 0.2) is 0 Å². The van der Waals surface area contributed by atoms with Crippen LogP contribution in [0.15, 0.2) is 36.4 Å². The molecule has 28 heavy (non-hydrogen) atoms. The highest BCUT2D eigenvalue weighted by atomic mass is 16.6. The van der Waals surface area contributed by atoms with Crippen molar-refractivity contribution in [3.63, 3.8) is 0 Å². The van der Waals surface area contributed by atoms with Crippen LogP contribution in [0.4, 0.5) is 0 Å². The van der Waals surface area contributed by atoms with Crippen molar-refractivity contribution in [1.29, 1.82) is 0 Å². The first-order valence-corrected chi connectivity index (χ1v) is 9.63. The first kappa shape index (κ1) is 22.1. The molecular weight excluding hydrogens is 360 g/mol. The topological polar surface area (TPSA) is 63.2 Å². The quantitative estimate of drug-likeness (QED) is 0.385. The summed E-state index contributed by atoms with van der Waals surface area (Å²) in [5.41, 5.74) is 0.922. The van der Waals surface area contributed by atoms with Crippen molar-refractivity contribution in [1.82, 2.24) is 0 Å². The number of ether oxygens (including phenoxy) is 5. The van der Waals surface area contributed by atoms with Crippen LogP contribution in [0.25, 0.3) is 10.8 Å². The molecule has 0 amide bonds. The van der Waals surface area contributed by atoms with Crippen molar-refractivity contribution in [3.8, 4) is 5.75 Å². The molecule has 0 heterocycles. The van der Waals surface area contributed by atoms with Crippen molar-refractivity contribution in [2.75, 3.05) is 53.4 Å². The highest BCUT2D eigenvalue weighted by Crippen LogP contribution is 2.25. The Morgan fingerprint density at radius 2 is 1.46 bits per heavy atom. The van der Waals surface area contributed by atoms with Gasteiger partial charge >= 0.3 is 5.97 Å². The van der Waals surface area contributed by atoms with Crippen LogP contribution in [0.3, 0.4) is 0 Å². The van der Waals surface area contributed by atoms with Crippen molar-refractivity contribution in [2.45, 2.75) is 19.8 Å². The number of esters is 1. The van der Waals surface area contributed by atoms with Gasteiger partial charge in [0.05, 0.1) is 46.1 Å². The average molecular weight is 390 g/mol. The van der Waals surface area contributed by atoms with Gasteiger partial charge in [0.1, 0.15) is 12.4 Å². The van der Waals surface area contributed by atoms with Gasteiger partial charge in [-0.3, -0.25) is 4.79 Å². The highest BCUT2D eigenvalue weighted by Gasteiger charge is 2.17. The van der Waals surface area contributed by atoms with Crippen molar-refractivity contribution < 1.29 is 28.5 Å². The second kappa shape index (κ2) is 12.3. The van der Waals surface area contributed by atoms with Crippen LogP contribution in [0, 0.1) is 0 Å². The third-order valence-electron chi connectivity index (χ3n) is 4.35. The molecule has 0 bridgehead atoms. The zero-order valence-electron chi connectivity index (χ0n) is 16.9. The fourth-order valence-corrected chi connectivity index (χ4v) is 2.69. The lowest BCUT2D eigenvalue weighted by atomic mass is 9.98. The van der Waals surface area contributed by atoms with Crippen molar-refractivity contribution in [2.24, 2.45) is 0 Å². The van der Waals surface area contributed by atoms with Crippen LogP contribution in [0.2, 0.25) is 0 Å². The maximum atomic E-state index is 12.3. The summed E-state index contributed by atoms with van der Waals surface area (Å²) in [6.07, 6.45) is 0. The van der Waals surface area contributed by atoms with Gasteiger partial charge in [-0.05, 0) is 42.3 Å². The Morgan fingerprint density at radius 3 is 2.14 bits per heavy atom. The molecule has 0 radical (unpaired) electrons. The van der Waals surface area contributed by atoms with Crippen LogP contribution in [0.5, 0.6) is 5.75 Å². The van der Waals surface area contributed by atoms with E-state index in [0.29, 0.717) is 39.6 Å². The normalized spacial score (nSPS) is 12.1. The van der Waals surface area contributed by atoms with Gasteiger partial charge in [-0.2, -0.15) is 0 Å². The molecule has 154 valence electrons. The summed E-state index contributed by atoms with van der Waals surface area (Å²) in [4.78, 5) is 12.3. The molecule has 6 nitrogen and oxygen atoms in total. The fraction of sp³-hybridized carbons (Fsp3) is 0.500. The summed E-state index contributed by atoms with van der Waals surface area (Å²) in [6.45, 7) is 7.18. The van der Waals surface area contributed by atoms with Gasteiger partial charge in [0.2, 0.25) is 0 Å². The second-order valence-corrected chi connectivity index (χ2v) is 6.28. The monoisotopic (exact) mass is 390 g/mol. The van der Waals surface area contributed by atoms with Crippen LogP contribution >= 0.6 is 0 Å². The summed E-state index contributed by atoms with van der Waals surface area (Å²) in [7, 11) is 1.65. The standard InChI is InChI=1S/C22H30O6/c1-4-25-9-10-26-11-12-27-13-14-28-22(23)17(2)18-5-6-20-16-21(24-3)8-7-19(20)15-18/h5-8,15-17H,4,9-14H2,1-3H3. The third-order valence-corrected chi connectivity index (χ3v) is 4.35. The Kier molecular flexibility index (Phi) is 9.76. The molecule has 1 atom stereocenters. The van der Waals surface area contributed by atoms with Gasteiger partial charge in [0, 0.05) is 6.61 Å². The summed E-state index contributed by atoms with van der Waals surface area (Å²) in [5, 5.41) is 2.13. The SMILES string of the molecule is CCOCCOCCOCCOC(=O)C(C)c1ccc2cc(OC)ccc2c1. The summed E-state index contributed by atoms with van der Waals surface area (Å²) < 4.78 is 26.5. The molecule has 0 spiro atoms. The maximum Gasteiger partial charge on any atom is 0.313 e. The predicted molar refractivity (Wildman–Crippen MR) is 108 cm³/mol. The van der Waals surface area contributed by atoms with Gasteiger partial charge in [0.25, 0.3) is 0 Å². The van der Waals surface area contributed by atoms with E-state index in [2.05, 4.69) is 0 Å². The third kappa shape index (κ3) is 7.11. The van der Waals surface area contributed by atoms with Gasteiger partial charge < -0.3 is 23.7 Å². The molecule has 2 aromatic rings. The number of carbonyl (C=O) groups excluding carboxylic acids is 1. The highest BCUT2D eigenvalue weighted by molar-refractivity contribution is 5.86. The van der Waals surface area contributed by atoms with Gasteiger partial charge in [-0.25, -0.2) is 0 Å². The average Bonchev–Trinajstić information content (AvgIpc) is 2.73. The lowest BCUT2D eigenvalue weighted by molar-refractivity contribution is -0.146. The molecule has 0 saturated heterocycles. The first-order valence-electron chi connectivity index (χ1n) is 9.63. The van der Waals surface area contributed by atoms with Crippen LogP contribution in [-0.2, 0) is 23.7 Å². The minimum absolute atomic E-state index is 0.229. The lowest BCUT2D eigenvalue weighted by Gasteiger charge is -2.13. The van der Waals surface area contributed by atoms with E-state index in [-0.39, 0.29) is 18.5 Å². The molecule has 0 fully saturated rings. The van der Waals surface area contributed by atoms with E-state index >= 15 is 0 Å². The maximum absolute atomic E-state index is 12.3. The summed E-state index contributed by atoms with van der Waals surface area (Å²) >= 11 is 0. The number of rotatable bonds is 13. The van der Waals surface area contributed by atoms with Gasteiger partial charge in [-0.15, -0.1) is 0 Å². The van der Waals surface area contributed by atoms with Crippen molar-refractivity contribution >= 4 is 16.7 Å². The van der Waals surface area contributed by atoms with E-state index in [1.165, 1.54) is 0 Å². The Labute approximate surface area is 166 Å². The van der Waals surface area contributed by atoms with E-state index < -0.39 is 0 Å². The number of fused-ring (bicyclic) bond motifs is 1. The zero-order chi connectivity index (χ0) is 20.2. The molecule has 0 aliphatic heterocycles. The van der Waals surface area contributed by atoms with E-state index in [1.54, 1.807) is 7.11 Å². The summed E-state index contributed by atoms with van der Waals surface area (Å²) in [5.74, 6) is 0.213. The molecule has 0 N–H and O–H groups in total. The first-order chi connectivity index (χ1) is 13.7. The fourth-order valence-electron chi connectivity index (χ4n) is 2.69. The lowest BCUT2D eigenvalue weighted by Crippen LogP contribution is -2.17. The Morgan fingerprint density at radius 1 is 0.857 bits per heavy atom. The minimum atomic E-state index is -0.339. The van der Waals surface area contributed by atoms with Gasteiger partial charge in [-0.1, -0.05) is 24.3 Å². The van der Waals surface area contributed by atoms with Crippen LogP contribution < -0.4 is 4.74 Å². The van der Waals surface area contributed by atoms with E-state index in [0.717, 1.165) is 22.1 Å². The Bertz CT molecular complexity index is 730. The number of benzene rings is 2. The largest absolute Gasteiger partial charge is 0.497 e. The van der Waals surface area contributed by atoms with E-state index in [9.17, 15) is 4.79 Å². The summed E-state index contributed by atoms with van der Waals surface area (Å²) in [6, 6.07) is 11.8. The molecule has 2 rings (SSSR count). The molecule has 0 saturated carbocycles. The molecule has 0 aliphatic carbocycles. The van der Waals surface area contributed by atoms with E-state index in [4.69, 9.17) is 23.7 Å². The van der Waals surface area contributed by atoms with Crippen LogP contribution in [-0.4, -0.2) is 59.3 Å². The number of hydrogen-bond donors (Lipinski definition) is 0. The zero-order valence-corrected chi connectivity index (χ0v) is 16.9. The second-order valence-electron chi connectivity index (χ2n) is 6.28.